The van der Waals surface area contributed by atoms with Crippen molar-refractivity contribution >= 4 is 7.60 Å². The molecule has 78 valence electrons. The highest BCUT2D eigenvalue weighted by molar-refractivity contribution is 7.57. The first-order chi connectivity index (χ1) is 6.18. The van der Waals surface area contributed by atoms with Crippen LogP contribution in [0.5, 0.6) is 0 Å². The van der Waals surface area contributed by atoms with Crippen molar-refractivity contribution in [1.29, 1.82) is 0 Å². The molecule has 0 aliphatic rings. The number of hydrogen-bond donors (Lipinski definition) is 1. The minimum absolute atomic E-state index is 0.0365. The molecule has 13 heavy (non-hydrogen) atoms. The van der Waals surface area contributed by atoms with Crippen LogP contribution in [-0.4, -0.2) is 24.9 Å². The van der Waals surface area contributed by atoms with Crippen LogP contribution >= 0.6 is 7.60 Å². The predicted molar refractivity (Wildman–Crippen MR) is 51.7 cm³/mol. The predicted octanol–water partition coefficient (Wildman–Crippen LogP) is 2.15. The smallest absolute Gasteiger partial charge is 0.353 e. The molecule has 0 saturated heterocycles. The molecule has 0 unspecified atom stereocenters. The topological polar surface area (TPSA) is 55.8 Å². The fourth-order valence-corrected chi connectivity index (χ4v) is 2.14. The van der Waals surface area contributed by atoms with Crippen LogP contribution in [0.3, 0.4) is 0 Å². The lowest BCUT2D eigenvalue weighted by atomic mass is 10.5. The molecule has 0 rings (SSSR count). The average Bonchev–Trinajstić information content (AvgIpc) is 2.05. The third kappa shape index (κ3) is 5.99. The fraction of sp³-hybridized carbons (Fsp3) is 0.750. The van der Waals surface area contributed by atoms with Gasteiger partial charge >= 0.3 is 7.60 Å². The molecule has 0 aromatic carbocycles. The third-order valence-corrected chi connectivity index (χ3v) is 3.01. The Kier molecular flexibility index (Phi) is 7.19. The summed E-state index contributed by atoms with van der Waals surface area (Å²) in [4.78, 5) is 0. The maximum Gasteiger partial charge on any atom is 0.353 e. The van der Waals surface area contributed by atoms with Crippen LogP contribution in [0.2, 0.25) is 0 Å². The molecule has 0 amide bonds. The highest BCUT2D eigenvalue weighted by Gasteiger charge is 2.18. The zero-order valence-corrected chi connectivity index (χ0v) is 9.00. The minimum Gasteiger partial charge on any atom is -0.396 e. The summed E-state index contributed by atoms with van der Waals surface area (Å²) in [5.41, 5.74) is 0. The quantitative estimate of drug-likeness (QED) is 0.651. The normalized spacial score (nSPS) is 12.5. The van der Waals surface area contributed by atoms with E-state index in [0.29, 0.717) is 19.6 Å². The van der Waals surface area contributed by atoms with Gasteiger partial charge in [-0.1, -0.05) is 6.08 Å². The summed E-state index contributed by atoms with van der Waals surface area (Å²) in [5, 5.41) is 8.50. The number of hydrogen-bond acceptors (Lipinski definition) is 4. The van der Waals surface area contributed by atoms with Crippen LogP contribution in [0.25, 0.3) is 0 Å². The Bertz CT molecular complexity index is 181. The molecule has 0 radical (unpaired) electrons. The fourth-order valence-electron chi connectivity index (χ4n) is 0.761. The second-order valence-electron chi connectivity index (χ2n) is 2.27. The van der Waals surface area contributed by atoms with E-state index in [-0.39, 0.29) is 6.61 Å². The lowest BCUT2D eigenvalue weighted by molar-refractivity contribution is 0.228. The molecule has 0 spiro atoms. The van der Waals surface area contributed by atoms with Gasteiger partial charge in [0.25, 0.3) is 0 Å². The highest BCUT2D eigenvalue weighted by atomic mass is 31.2. The van der Waals surface area contributed by atoms with Gasteiger partial charge in [0.05, 0.1) is 13.2 Å². The molecule has 4 nitrogen and oxygen atoms in total. The summed E-state index contributed by atoms with van der Waals surface area (Å²) in [6.45, 7) is 4.24. The summed E-state index contributed by atoms with van der Waals surface area (Å²) in [7, 11) is -3.04. The molecule has 0 aromatic rings. The first-order valence-corrected chi connectivity index (χ1v) is 5.97. The number of aliphatic hydroxyl groups excluding tert-OH is 1. The molecular weight excluding hydrogens is 191 g/mol. The van der Waals surface area contributed by atoms with Crippen LogP contribution in [0.1, 0.15) is 20.3 Å². The van der Waals surface area contributed by atoms with E-state index in [9.17, 15) is 4.57 Å². The number of aliphatic hydroxyl groups is 1. The molecule has 1 N–H and O–H groups in total. The second kappa shape index (κ2) is 7.27. The van der Waals surface area contributed by atoms with Crippen LogP contribution in [-0.2, 0) is 13.6 Å². The Morgan fingerprint density at radius 1 is 1.31 bits per heavy atom. The zero-order valence-electron chi connectivity index (χ0n) is 8.10. The van der Waals surface area contributed by atoms with Gasteiger partial charge in [-0.25, -0.2) is 0 Å². The van der Waals surface area contributed by atoms with Crippen molar-refractivity contribution in [1.82, 2.24) is 0 Å². The van der Waals surface area contributed by atoms with E-state index in [2.05, 4.69) is 0 Å². The standard InChI is InChI=1S/C8H17O4P/c1-3-11-13(10,12-4-2)8-6-5-7-9/h6,8-9H,3-5,7H2,1-2H3/b8-6+. The Balaban J connectivity index is 4.14. The van der Waals surface area contributed by atoms with Crippen LogP contribution in [0.4, 0.5) is 0 Å². The van der Waals surface area contributed by atoms with Crippen molar-refractivity contribution in [2.75, 3.05) is 19.8 Å². The Morgan fingerprint density at radius 2 is 1.85 bits per heavy atom. The molecule has 0 heterocycles. The maximum atomic E-state index is 11.7. The zero-order chi connectivity index (χ0) is 10.2. The van der Waals surface area contributed by atoms with E-state index in [0.717, 1.165) is 0 Å². The van der Waals surface area contributed by atoms with E-state index >= 15 is 0 Å². The monoisotopic (exact) mass is 208 g/mol. The summed E-state index contributed by atoms with van der Waals surface area (Å²) in [6.07, 6.45) is 2.07. The average molecular weight is 208 g/mol. The van der Waals surface area contributed by atoms with Gasteiger partial charge in [0.15, 0.2) is 0 Å². The van der Waals surface area contributed by atoms with Crippen LogP contribution < -0.4 is 0 Å². The Morgan fingerprint density at radius 3 is 2.23 bits per heavy atom. The van der Waals surface area contributed by atoms with E-state index < -0.39 is 7.60 Å². The molecule has 0 bridgehead atoms. The van der Waals surface area contributed by atoms with Gasteiger partial charge < -0.3 is 14.2 Å². The Labute approximate surface area is 79.1 Å². The molecule has 0 aliphatic heterocycles. The molecule has 0 aliphatic carbocycles. The largest absolute Gasteiger partial charge is 0.396 e. The van der Waals surface area contributed by atoms with Crippen LogP contribution in [0, 0.1) is 0 Å². The van der Waals surface area contributed by atoms with Crippen molar-refractivity contribution in [2.24, 2.45) is 0 Å². The highest BCUT2D eigenvalue weighted by Crippen LogP contribution is 2.49. The van der Waals surface area contributed by atoms with Crippen molar-refractivity contribution in [3.8, 4) is 0 Å². The van der Waals surface area contributed by atoms with Crippen molar-refractivity contribution in [2.45, 2.75) is 20.3 Å². The first-order valence-electron chi connectivity index (χ1n) is 4.36. The lowest BCUT2D eigenvalue weighted by Crippen LogP contribution is -1.92. The van der Waals surface area contributed by atoms with E-state index in [1.165, 1.54) is 5.82 Å². The second-order valence-corrected chi connectivity index (χ2v) is 4.17. The molecular formula is C8H17O4P. The van der Waals surface area contributed by atoms with E-state index in [4.69, 9.17) is 14.2 Å². The van der Waals surface area contributed by atoms with E-state index in [1.807, 2.05) is 0 Å². The SMILES string of the molecule is CCOP(=O)(/C=C/CCO)OCC. The van der Waals surface area contributed by atoms with Crippen molar-refractivity contribution in [3.05, 3.63) is 11.9 Å². The van der Waals surface area contributed by atoms with Gasteiger partial charge in [0, 0.05) is 12.4 Å². The van der Waals surface area contributed by atoms with Gasteiger partial charge in [-0.3, -0.25) is 4.57 Å². The van der Waals surface area contributed by atoms with Crippen molar-refractivity contribution in [3.63, 3.8) is 0 Å². The van der Waals surface area contributed by atoms with Gasteiger partial charge in [-0.2, -0.15) is 0 Å². The van der Waals surface area contributed by atoms with Gasteiger partial charge in [-0.15, -0.1) is 0 Å². The van der Waals surface area contributed by atoms with Gasteiger partial charge in [0.2, 0.25) is 0 Å². The third-order valence-electron chi connectivity index (χ3n) is 1.20. The minimum atomic E-state index is -3.04. The number of rotatable bonds is 7. The summed E-state index contributed by atoms with van der Waals surface area (Å²) in [6, 6.07) is 0. The van der Waals surface area contributed by atoms with E-state index in [1.54, 1.807) is 19.9 Å². The lowest BCUT2D eigenvalue weighted by Gasteiger charge is -2.12. The molecule has 5 heteroatoms. The van der Waals surface area contributed by atoms with Crippen LogP contribution in [0.15, 0.2) is 11.9 Å². The maximum absolute atomic E-state index is 11.7. The van der Waals surface area contributed by atoms with Gasteiger partial charge in [-0.05, 0) is 20.3 Å². The summed E-state index contributed by atoms with van der Waals surface area (Å²) >= 11 is 0. The summed E-state index contributed by atoms with van der Waals surface area (Å²) < 4.78 is 21.6. The molecule has 0 fully saturated rings. The molecule has 0 atom stereocenters. The summed E-state index contributed by atoms with van der Waals surface area (Å²) in [5.74, 6) is 1.40. The van der Waals surface area contributed by atoms with Gasteiger partial charge in [0.1, 0.15) is 0 Å². The van der Waals surface area contributed by atoms with Crippen molar-refractivity contribution < 1.29 is 18.7 Å². The first kappa shape index (κ1) is 12.8. The molecule has 0 saturated carbocycles. The molecule has 0 aromatic heterocycles. The Hall–Kier alpha value is -0.150.